The van der Waals surface area contributed by atoms with Gasteiger partial charge in [-0.25, -0.2) is 0 Å². The summed E-state index contributed by atoms with van der Waals surface area (Å²) in [5.74, 6) is -0.119. The number of benzene rings is 2. The number of nitrogens with zero attached hydrogens (tertiary/aromatic N) is 5. The highest BCUT2D eigenvalue weighted by molar-refractivity contribution is 9.10. The lowest BCUT2D eigenvalue weighted by molar-refractivity contribution is -0.384. The van der Waals surface area contributed by atoms with Gasteiger partial charge in [-0.2, -0.15) is 5.26 Å². The molecule has 0 aliphatic carbocycles. The molecule has 0 bridgehead atoms. The third-order valence-corrected chi connectivity index (χ3v) is 6.54. The van der Waals surface area contributed by atoms with Gasteiger partial charge < -0.3 is 10.2 Å². The van der Waals surface area contributed by atoms with Crippen LogP contribution in [-0.4, -0.2) is 23.9 Å². The van der Waals surface area contributed by atoms with Gasteiger partial charge in [0.1, 0.15) is 17.4 Å². The molecule has 1 amide bonds. The molecule has 1 N–H and O–H groups in total. The maximum Gasteiger partial charge on any atom is 0.272 e. The number of amides is 1. The first-order valence-electron chi connectivity index (χ1n) is 13.0. The molecule has 0 aromatic heterocycles. The van der Waals surface area contributed by atoms with E-state index in [-0.39, 0.29) is 27.3 Å². The number of hydrogen-bond acceptors (Lipinski definition) is 7. The number of non-ortho nitro benzene ring substituents is 1. The highest BCUT2D eigenvalue weighted by Crippen LogP contribution is 2.37. The maximum absolute atomic E-state index is 12.8. The van der Waals surface area contributed by atoms with E-state index in [9.17, 15) is 20.2 Å². The molecule has 0 saturated heterocycles. The number of halogens is 1. The van der Waals surface area contributed by atoms with Crippen molar-refractivity contribution in [1.29, 1.82) is 5.26 Å². The minimum absolute atomic E-state index is 0.0166. The van der Waals surface area contributed by atoms with Gasteiger partial charge in [0.2, 0.25) is 5.91 Å². The number of nitriles is 1. The summed E-state index contributed by atoms with van der Waals surface area (Å²) in [7, 11) is 0. The Hall–Kier alpha value is -3.58. The second kappa shape index (κ2) is 16.3. The predicted octanol–water partition coefficient (Wildman–Crippen LogP) is 8.74. The van der Waals surface area contributed by atoms with Crippen LogP contribution in [0, 0.1) is 21.4 Å². The summed E-state index contributed by atoms with van der Waals surface area (Å²) >= 11 is 3.26. The lowest BCUT2D eigenvalue weighted by Gasteiger charge is -2.22. The molecule has 2 aromatic carbocycles. The fourth-order valence-corrected chi connectivity index (χ4v) is 4.35. The molecule has 202 valence electrons. The van der Waals surface area contributed by atoms with Crippen LogP contribution in [0.5, 0.6) is 0 Å². The molecule has 0 spiro atoms. The fourth-order valence-electron chi connectivity index (χ4n) is 3.82. The minimum Gasteiger partial charge on any atom is -0.372 e. The van der Waals surface area contributed by atoms with E-state index in [1.807, 2.05) is 18.2 Å². The van der Waals surface area contributed by atoms with Crippen molar-refractivity contribution in [2.45, 2.75) is 65.7 Å². The van der Waals surface area contributed by atoms with Gasteiger partial charge in [-0.3, -0.25) is 14.9 Å². The maximum atomic E-state index is 12.8. The van der Waals surface area contributed by atoms with Crippen LogP contribution < -0.4 is 10.2 Å². The van der Waals surface area contributed by atoms with Crippen molar-refractivity contribution in [3.05, 3.63) is 62.6 Å². The van der Waals surface area contributed by atoms with Gasteiger partial charge in [-0.1, -0.05) is 31.9 Å². The molecule has 10 heteroatoms. The molecule has 0 aliphatic heterocycles. The number of nitro benzene ring substituents is 1. The number of carbonyl (C=O) groups excluding carboxylic acids is 1. The zero-order valence-corrected chi connectivity index (χ0v) is 23.8. The summed E-state index contributed by atoms with van der Waals surface area (Å²) in [5.41, 5.74) is 1.83. The highest BCUT2D eigenvalue weighted by atomic mass is 79.9. The summed E-state index contributed by atoms with van der Waals surface area (Å²) in [6, 6.07) is 9.89. The topological polar surface area (TPSA) is 124 Å². The van der Waals surface area contributed by atoms with Crippen molar-refractivity contribution in [2.75, 3.05) is 23.3 Å². The van der Waals surface area contributed by atoms with Gasteiger partial charge in [0.05, 0.1) is 20.6 Å². The first kappa shape index (κ1) is 30.6. The molecule has 38 heavy (non-hydrogen) atoms. The highest BCUT2D eigenvalue weighted by Gasteiger charge is 2.16. The number of allylic oxidation sites excluding steroid dienone is 2. The molecule has 0 saturated carbocycles. The SMILES string of the molecule is CCCCC/C=C/CCCC(=O)Nc1cc(N(CC)CC)ccc1/N=N/c1c(Br)cc([N+](=O)[O-])cc1C#N. The Morgan fingerprint density at radius 1 is 1.11 bits per heavy atom. The molecule has 2 rings (SSSR count). The number of rotatable bonds is 15. The van der Waals surface area contributed by atoms with Crippen molar-refractivity contribution in [3.63, 3.8) is 0 Å². The number of anilines is 2. The van der Waals surface area contributed by atoms with Crippen molar-refractivity contribution in [3.8, 4) is 6.07 Å². The van der Waals surface area contributed by atoms with E-state index in [4.69, 9.17) is 0 Å². The smallest absolute Gasteiger partial charge is 0.272 e. The molecular formula is C28H35BrN6O3. The van der Waals surface area contributed by atoms with Gasteiger partial charge in [0.25, 0.3) is 5.69 Å². The van der Waals surface area contributed by atoms with E-state index >= 15 is 0 Å². The quantitative estimate of drug-likeness (QED) is 0.0738. The lowest BCUT2D eigenvalue weighted by atomic mass is 10.1. The van der Waals surface area contributed by atoms with Gasteiger partial charge in [0.15, 0.2) is 0 Å². The number of azo groups is 1. The summed E-state index contributed by atoms with van der Waals surface area (Å²) in [6.45, 7) is 7.90. The first-order valence-corrected chi connectivity index (χ1v) is 13.8. The zero-order valence-electron chi connectivity index (χ0n) is 22.2. The monoisotopic (exact) mass is 582 g/mol. The molecule has 0 atom stereocenters. The Morgan fingerprint density at radius 3 is 2.45 bits per heavy atom. The van der Waals surface area contributed by atoms with Crippen LogP contribution in [0.15, 0.2) is 57.2 Å². The molecule has 2 aromatic rings. The van der Waals surface area contributed by atoms with Crippen molar-refractivity contribution < 1.29 is 9.72 Å². The van der Waals surface area contributed by atoms with E-state index < -0.39 is 4.92 Å². The average Bonchev–Trinajstić information content (AvgIpc) is 2.90. The summed E-state index contributed by atoms with van der Waals surface area (Å²) in [5, 5.41) is 32.1. The standard InChI is InChI=1S/C28H35BrN6O3/c1-4-7-8-9-10-11-12-13-14-27(36)31-26-19-22(34(5-2)6-3)15-16-25(26)32-33-28-21(20-30)17-23(35(37)38)18-24(28)29/h10-11,15-19H,4-9,12-14H2,1-3H3,(H,31,36)/b11-10+,33-32+. The number of unbranched alkanes of at least 4 members (excludes halogenated alkanes) is 4. The molecule has 0 aliphatic rings. The van der Waals surface area contributed by atoms with Crippen molar-refractivity contribution in [2.24, 2.45) is 10.2 Å². The van der Waals surface area contributed by atoms with Crippen molar-refractivity contribution >= 4 is 50.3 Å². The van der Waals surface area contributed by atoms with E-state index in [1.165, 1.54) is 25.3 Å². The van der Waals surface area contributed by atoms with Crippen molar-refractivity contribution in [1.82, 2.24) is 0 Å². The van der Waals surface area contributed by atoms with Gasteiger partial charge in [-0.05, 0) is 73.7 Å². The molecular weight excluding hydrogens is 548 g/mol. The van der Waals surface area contributed by atoms with Gasteiger partial charge in [0, 0.05) is 37.3 Å². The second-order valence-electron chi connectivity index (χ2n) is 8.67. The van der Waals surface area contributed by atoms with E-state index in [2.05, 4.69) is 69.3 Å². The Morgan fingerprint density at radius 2 is 1.82 bits per heavy atom. The molecule has 9 nitrogen and oxygen atoms in total. The van der Waals surface area contributed by atoms with E-state index in [0.29, 0.717) is 17.8 Å². The first-order chi connectivity index (χ1) is 18.3. The third-order valence-electron chi connectivity index (χ3n) is 5.94. The van der Waals surface area contributed by atoms with Crippen LogP contribution in [0.2, 0.25) is 0 Å². The van der Waals surface area contributed by atoms with Crippen LogP contribution in [0.25, 0.3) is 0 Å². The Labute approximate surface area is 232 Å². The molecule has 0 radical (unpaired) electrons. The summed E-state index contributed by atoms with van der Waals surface area (Å²) in [6.07, 6.45) is 11.0. The Balaban J connectivity index is 2.24. The predicted molar refractivity (Wildman–Crippen MR) is 155 cm³/mol. The van der Waals surface area contributed by atoms with E-state index in [0.717, 1.165) is 44.1 Å². The van der Waals surface area contributed by atoms with Crippen LogP contribution in [0.3, 0.4) is 0 Å². The van der Waals surface area contributed by atoms with Crippen LogP contribution in [0.4, 0.5) is 28.4 Å². The number of nitrogens with one attached hydrogen (secondary N) is 1. The number of nitro groups is 1. The van der Waals surface area contributed by atoms with Crippen LogP contribution in [-0.2, 0) is 4.79 Å². The van der Waals surface area contributed by atoms with Crippen LogP contribution >= 0.6 is 15.9 Å². The summed E-state index contributed by atoms with van der Waals surface area (Å²) < 4.78 is 0.278. The number of hydrogen-bond donors (Lipinski definition) is 1. The Bertz CT molecular complexity index is 1200. The zero-order chi connectivity index (χ0) is 27.9. The summed E-state index contributed by atoms with van der Waals surface area (Å²) in [4.78, 5) is 25.5. The van der Waals surface area contributed by atoms with Gasteiger partial charge in [-0.15, -0.1) is 10.2 Å². The second-order valence-corrected chi connectivity index (χ2v) is 9.53. The molecule has 0 unspecified atom stereocenters. The third kappa shape index (κ3) is 9.38. The average molecular weight is 584 g/mol. The number of carbonyl (C=O) groups is 1. The van der Waals surface area contributed by atoms with Gasteiger partial charge >= 0.3 is 0 Å². The molecule has 0 fully saturated rings. The molecule has 0 heterocycles. The minimum atomic E-state index is -0.575. The van der Waals surface area contributed by atoms with E-state index in [1.54, 1.807) is 6.07 Å². The normalized spacial score (nSPS) is 11.1. The Kier molecular flexibility index (Phi) is 13.1. The van der Waals surface area contributed by atoms with Crippen LogP contribution in [0.1, 0.15) is 71.3 Å². The fraction of sp³-hybridized carbons (Fsp3) is 0.429. The lowest BCUT2D eigenvalue weighted by Crippen LogP contribution is -2.22. The largest absolute Gasteiger partial charge is 0.372 e.